The van der Waals surface area contributed by atoms with E-state index >= 15 is 0 Å². The van der Waals surface area contributed by atoms with Crippen molar-refractivity contribution < 1.29 is 4.74 Å². The molecule has 0 saturated heterocycles. The van der Waals surface area contributed by atoms with Crippen LogP contribution in [0.1, 0.15) is 22.2 Å². The van der Waals surface area contributed by atoms with Gasteiger partial charge in [0.15, 0.2) is 0 Å². The maximum atomic E-state index is 6.03. The van der Waals surface area contributed by atoms with Gasteiger partial charge in [-0.25, -0.2) is 4.68 Å². The number of halogens is 1. The third kappa shape index (κ3) is 3.48. The lowest BCUT2D eigenvalue weighted by atomic mass is 10.1. The van der Waals surface area contributed by atoms with Crippen LogP contribution in [0.4, 0.5) is 0 Å². The molecular formula is C14H21BrN4OS. The molecule has 0 aliphatic carbocycles. The third-order valence-electron chi connectivity index (χ3n) is 3.52. The van der Waals surface area contributed by atoms with Crippen LogP contribution in [0.2, 0.25) is 0 Å². The number of rotatable bonds is 6. The predicted molar refractivity (Wildman–Crippen MR) is 89.8 cm³/mol. The van der Waals surface area contributed by atoms with Crippen molar-refractivity contribution in [1.29, 1.82) is 0 Å². The molecule has 21 heavy (non-hydrogen) atoms. The van der Waals surface area contributed by atoms with Crippen molar-refractivity contribution in [3.05, 3.63) is 32.1 Å². The van der Waals surface area contributed by atoms with E-state index in [0.717, 1.165) is 28.2 Å². The Kier molecular flexibility index (Phi) is 5.43. The fraction of sp³-hybridized carbons (Fsp3) is 0.500. The Bertz CT molecular complexity index is 610. The van der Waals surface area contributed by atoms with Crippen LogP contribution in [-0.2, 0) is 13.6 Å². The molecule has 0 radical (unpaired) electrons. The maximum absolute atomic E-state index is 6.03. The van der Waals surface area contributed by atoms with Crippen molar-refractivity contribution in [3.8, 4) is 5.88 Å². The molecule has 0 aliphatic heterocycles. The van der Waals surface area contributed by atoms with Gasteiger partial charge in [-0.05, 0) is 36.0 Å². The van der Waals surface area contributed by atoms with Crippen LogP contribution in [0.15, 0.2) is 15.9 Å². The van der Waals surface area contributed by atoms with Gasteiger partial charge in [-0.2, -0.15) is 5.10 Å². The van der Waals surface area contributed by atoms with Gasteiger partial charge in [0, 0.05) is 34.9 Å². The summed E-state index contributed by atoms with van der Waals surface area (Å²) in [4.78, 5) is 3.54. The van der Waals surface area contributed by atoms with Crippen LogP contribution in [0.25, 0.3) is 0 Å². The van der Waals surface area contributed by atoms with E-state index in [1.807, 2.05) is 14.0 Å². The SMILES string of the molecule is COc1c(C(CN)N(C)Cc2cc(Br)cs2)c(C)nn1C. The zero-order valence-electron chi connectivity index (χ0n) is 12.8. The largest absolute Gasteiger partial charge is 0.481 e. The van der Waals surface area contributed by atoms with E-state index in [-0.39, 0.29) is 6.04 Å². The Morgan fingerprint density at radius 3 is 2.81 bits per heavy atom. The van der Waals surface area contributed by atoms with Crippen LogP contribution < -0.4 is 10.5 Å². The first-order valence-electron chi connectivity index (χ1n) is 6.68. The summed E-state index contributed by atoms with van der Waals surface area (Å²) in [7, 11) is 5.64. The van der Waals surface area contributed by atoms with Crippen molar-refractivity contribution in [1.82, 2.24) is 14.7 Å². The first kappa shape index (κ1) is 16.5. The Morgan fingerprint density at radius 2 is 2.29 bits per heavy atom. The molecule has 116 valence electrons. The quantitative estimate of drug-likeness (QED) is 0.846. The molecule has 0 amide bonds. The monoisotopic (exact) mass is 372 g/mol. The molecule has 2 N–H and O–H groups in total. The summed E-state index contributed by atoms with van der Waals surface area (Å²) in [6.07, 6.45) is 0. The highest BCUT2D eigenvalue weighted by Gasteiger charge is 2.25. The molecule has 2 rings (SSSR count). The Hall–Kier alpha value is -0.890. The number of aryl methyl sites for hydroxylation is 2. The highest BCUT2D eigenvalue weighted by Crippen LogP contribution is 2.32. The van der Waals surface area contributed by atoms with E-state index in [9.17, 15) is 0 Å². The van der Waals surface area contributed by atoms with Gasteiger partial charge in [0.2, 0.25) is 5.88 Å². The summed E-state index contributed by atoms with van der Waals surface area (Å²) >= 11 is 5.23. The van der Waals surface area contributed by atoms with E-state index in [0.29, 0.717) is 6.54 Å². The van der Waals surface area contributed by atoms with E-state index in [1.54, 1.807) is 23.1 Å². The first-order chi connectivity index (χ1) is 9.97. The Labute approximate surface area is 137 Å². The number of nitrogens with two attached hydrogens (primary N) is 1. The van der Waals surface area contributed by atoms with Crippen LogP contribution >= 0.6 is 27.3 Å². The van der Waals surface area contributed by atoms with Gasteiger partial charge in [0.25, 0.3) is 0 Å². The van der Waals surface area contributed by atoms with Gasteiger partial charge in [-0.15, -0.1) is 11.3 Å². The molecule has 7 heteroatoms. The van der Waals surface area contributed by atoms with Crippen molar-refractivity contribution in [2.45, 2.75) is 19.5 Å². The van der Waals surface area contributed by atoms with Gasteiger partial charge in [-0.3, -0.25) is 4.90 Å². The minimum absolute atomic E-state index is 0.0783. The minimum atomic E-state index is 0.0783. The van der Waals surface area contributed by atoms with Gasteiger partial charge in [0.1, 0.15) is 0 Å². The number of likely N-dealkylation sites (N-methyl/N-ethyl adjacent to an activating group) is 1. The van der Waals surface area contributed by atoms with Crippen molar-refractivity contribution in [2.75, 3.05) is 20.7 Å². The molecule has 1 unspecified atom stereocenters. The molecule has 2 aromatic heterocycles. The zero-order chi connectivity index (χ0) is 15.6. The molecule has 0 aliphatic rings. The molecule has 1 atom stereocenters. The number of hydrogen-bond donors (Lipinski definition) is 1. The highest BCUT2D eigenvalue weighted by atomic mass is 79.9. The highest BCUT2D eigenvalue weighted by molar-refractivity contribution is 9.10. The number of aromatic nitrogens is 2. The van der Waals surface area contributed by atoms with E-state index < -0.39 is 0 Å². The van der Waals surface area contributed by atoms with Crippen LogP contribution in [0, 0.1) is 6.92 Å². The Morgan fingerprint density at radius 1 is 1.57 bits per heavy atom. The van der Waals surface area contributed by atoms with Gasteiger partial charge < -0.3 is 10.5 Å². The van der Waals surface area contributed by atoms with Crippen molar-refractivity contribution in [2.24, 2.45) is 12.8 Å². The summed E-state index contributed by atoms with van der Waals surface area (Å²) in [5.74, 6) is 0.780. The lowest BCUT2D eigenvalue weighted by Crippen LogP contribution is -2.30. The summed E-state index contributed by atoms with van der Waals surface area (Å²) < 4.78 is 8.39. The molecule has 0 aromatic carbocycles. The molecule has 0 bridgehead atoms. The lowest BCUT2D eigenvalue weighted by Gasteiger charge is -2.27. The number of thiophene rings is 1. The minimum Gasteiger partial charge on any atom is -0.481 e. The maximum Gasteiger partial charge on any atom is 0.216 e. The van der Waals surface area contributed by atoms with Crippen LogP contribution in [0.3, 0.4) is 0 Å². The molecule has 0 fully saturated rings. The zero-order valence-corrected chi connectivity index (χ0v) is 15.2. The van der Waals surface area contributed by atoms with Crippen LogP contribution in [0.5, 0.6) is 5.88 Å². The number of ether oxygens (including phenoxy) is 1. The van der Waals surface area contributed by atoms with Gasteiger partial charge >= 0.3 is 0 Å². The van der Waals surface area contributed by atoms with Crippen molar-refractivity contribution >= 4 is 27.3 Å². The topological polar surface area (TPSA) is 56.3 Å². The lowest BCUT2D eigenvalue weighted by molar-refractivity contribution is 0.236. The molecule has 2 heterocycles. The first-order valence-corrected chi connectivity index (χ1v) is 8.35. The fourth-order valence-electron chi connectivity index (χ4n) is 2.59. The second-order valence-corrected chi connectivity index (χ2v) is 6.94. The predicted octanol–water partition coefficient (Wildman–Crippen LogP) is 2.69. The number of nitrogens with zero attached hydrogens (tertiary/aromatic N) is 3. The normalized spacial score (nSPS) is 12.9. The number of methoxy groups -OCH3 is 1. The molecule has 5 nitrogen and oxygen atoms in total. The van der Waals surface area contributed by atoms with E-state index in [2.05, 4.69) is 44.4 Å². The summed E-state index contributed by atoms with van der Waals surface area (Å²) in [5.41, 5.74) is 8.06. The average molecular weight is 373 g/mol. The summed E-state index contributed by atoms with van der Waals surface area (Å²) in [5, 5.41) is 6.54. The third-order valence-corrected chi connectivity index (χ3v) is 5.21. The van der Waals surface area contributed by atoms with Gasteiger partial charge in [0.05, 0.1) is 24.4 Å². The number of hydrogen-bond acceptors (Lipinski definition) is 5. The smallest absolute Gasteiger partial charge is 0.216 e. The fourth-order valence-corrected chi connectivity index (χ4v) is 4.10. The van der Waals surface area contributed by atoms with Crippen molar-refractivity contribution in [3.63, 3.8) is 0 Å². The molecular weight excluding hydrogens is 352 g/mol. The average Bonchev–Trinajstić information content (AvgIpc) is 2.95. The molecule has 0 saturated carbocycles. The standard InChI is InChI=1S/C14H21BrN4OS/c1-9-13(14(20-4)19(3)17-9)12(6-16)18(2)7-11-5-10(15)8-21-11/h5,8,12H,6-7,16H2,1-4H3. The Balaban J connectivity index is 2.26. The van der Waals surface area contributed by atoms with E-state index in [1.165, 1.54) is 4.88 Å². The molecule has 2 aromatic rings. The second kappa shape index (κ2) is 6.91. The molecule has 0 spiro atoms. The summed E-state index contributed by atoms with van der Waals surface area (Å²) in [6, 6.07) is 2.22. The van der Waals surface area contributed by atoms with Gasteiger partial charge in [-0.1, -0.05) is 0 Å². The summed E-state index contributed by atoms with van der Waals surface area (Å²) in [6.45, 7) is 3.36. The van der Waals surface area contributed by atoms with E-state index in [4.69, 9.17) is 10.5 Å². The van der Waals surface area contributed by atoms with Crippen LogP contribution in [-0.4, -0.2) is 35.4 Å². The second-order valence-electron chi connectivity index (χ2n) is 5.03.